The average Bonchev–Trinajstić information content (AvgIpc) is 2.96. The Balaban J connectivity index is 1.58. The van der Waals surface area contributed by atoms with Gasteiger partial charge < -0.3 is 10.6 Å². The van der Waals surface area contributed by atoms with E-state index in [1.165, 1.54) is 0 Å². The zero-order chi connectivity index (χ0) is 20.5. The summed E-state index contributed by atoms with van der Waals surface area (Å²) in [6.45, 7) is 0. The van der Waals surface area contributed by atoms with Gasteiger partial charge in [0.2, 0.25) is 0 Å². The Bertz CT molecular complexity index is 1150. The molecule has 0 saturated heterocycles. The fourth-order valence-electron chi connectivity index (χ4n) is 4.20. The fraction of sp³-hybridized carbons (Fsp3) is 0.160. The van der Waals surface area contributed by atoms with E-state index in [0.29, 0.717) is 17.5 Å². The molecule has 30 heavy (non-hydrogen) atoms. The van der Waals surface area contributed by atoms with Crippen LogP contribution in [0.5, 0.6) is 0 Å². The number of Topliss-reactive ketones (excluding diaryl/α,β-unsaturated/α-hetero) is 1. The highest BCUT2D eigenvalue weighted by Gasteiger charge is 2.32. The molecule has 0 unspecified atom stereocenters. The molecular weight excluding hydrogens is 374 g/mol. The maximum atomic E-state index is 12.9. The Morgan fingerprint density at radius 1 is 0.900 bits per heavy atom. The molecule has 0 radical (unpaired) electrons. The summed E-state index contributed by atoms with van der Waals surface area (Å²) in [5.74, 6) is 0.135. The van der Waals surface area contributed by atoms with Gasteiger partial charge in [-0.1, -0.05) is 30.3 Å². The van der Waals surface area contributed by atoms with Crippen LogP contribution in [-0.4, -0.2) is 16.6 Å². The molecule has 0 spiro atoms. The van der Waals surface area contributed by atoms with Gasteiger partial charge in [0.05, 0.1) is 17.4 Å². The predicted octanol–water partition coefficient (Wildman–Crippen LogP) is 4.90. The van der Waals surface area contributed by atoms with Gasteiger partial charge in [-0.2, -0.15) is 0 Å². The number of allylic oxidation sites excluding steroid dienone is 1. The summed E-state index contributed by atoms with van der Waals surface area (Å²) in [7, 11) is 0. The Kier molecular flexibility index (Phi) is 4.64. The molecule has 0 amide bonds. The molecule has 2 N–H and O–H groups in total. The van der Waals surface area contributed by atoms with Gasteiger partial charge in [0.1, 0.15) is 0 Å². The third kappa shape index (κ3) is 3.28. The molecule has 5 rings (SSSR count). The quantitative estimate of drug-likeness (QED) is 0.618. The van der Waals surface area contributed by atoms with Crippen molar-refractivity contribution in [2.75, 3.05) is 10.6 Å². The topological polar surface area (TPSA) is 71.1 Å². The van der Waals surface area contributed by atoms with E-state index < -0.39 is 0 Å². The molecule has 1 atom stereocenters. The Hall–Kier alpha value is -3.73. The van der Waals surface area contributed by atoms with Crippen molar-refractivity contribution in [2.24, 2.45) is 0 Å². The maximum absolute atomic E-state index is 12.9. The molecule has 148 valence electrons. The summed E-state index contributed by atoms with van der Waals surface area (Å²) in [5.41, 5.74) is 5.65. The van der Waals surface area contributed by atoms with E-state index >= 15 is 0 Å². The number of benzene rings is 2. The number of nitrogens with one attached hydrogen (secondary N) is 2. The minimum absolute atomic E-state index is 0.0240. The molecule has 0 bridgehead atoms. The van der Waals surface area contributed by atoms with E-state index in [4.69, 9.17) is 0 Å². The second-order valence-corrected chi connectivity index (χ2v) is 7.61. The summed E-state index contributed by atoms with van der Waals surface area (Å²) in [6.07, 6.45) is 5.67. The normalized spacial score (nSPS) is 17.9. The number of hydrogen-bond acceptors (Lipinski definition) is 5. The van der Waals surface area contributed by atoms with Crippen molar-refractivity contribution >= 4 is 22.9 Å². The number of fused-ring (bicyclic) bond motifs is 1. The predicted molar refractivity (Wildman–Crippen MR) is 116 cm³/mol. The SMILES string of the molecule is O=C1CCCC2=C1[C@H](c1ccncc1)Nc1ccc(C(=O)c3ccccc3)cc1N2. The van der Waals surface area contributed by atoms with Crippen LogP contribution < -0.4 is 10.6 Å². The molecule has 2 aromatic carbocycles. The van der Waals surface area contributed by atoms with Crippen LogP contribution in [-0.2, 0) is 4.79 Å². The highest BCUT2D eigenvalue weighted by Crippen LogP contribution is 2.40. The molecule has 1 aromatic heterocycles. The first-order valence-electron chi connectivity index (χ1n) is 10.1. The number of pyridine rings is 1. The highest BCUT2D eigenvalue weighted by molar-refractivity contribution is 6.10. The van der Waals surface area contributed by atoms with Crippen LogP contribution in [0.2, 0.25) is 0 Å². The molecule has 3 aromatic rings. The molecular formula is C25H21N3O2. The number of ketones is 2. The lowest BCUT2D eigenvalue weighted by Crippen LogP contribution is -2.23. The maximum Gasteiger partial charge on any atom is 0.193 e. The van der Waals surface area contributed by atoms with Gasteiger partial charge in [0.15, 0.2) is 11.6 Å². The van der Waals surface area contributed by atoms with E-state index in [1.807, 2.05) is 60.7 Å². The minimum Gasteiger partial charge on any atom is -0.372 e. The van der Waals surface area contributed by atoms with Crippen molar-refractivity contribution in [2.45, 2.75) is 25.3 Å². The Morgan fingerprint density at radius 3 is 2.50 bits per heavy atom. The van der Waals surface area contributed by atoms with Crippen LogP contribution in [0.4, 0.5) is 11.4 Å². The summed E-state index contributed by atoms with van der Waals surface area (Å²) in [5, 5.41) is 7.00. The zero-order valence-electron chi connectivity index (χ0n) is 16.4. The van der Waals surface area contributed by atoms with Gasteiger partial charge in [-0.3, -0.25) is 14.6 Å². The molecule has 5 nitrogen and oxygen atoms in total. The number of rotatable bonds is 3. The first-order valence-corrected chi connectivity index (χ1v) is 10.1. The monoisotopic (exact) mass is 395 g/mol. The molecule has 2 aliphatic rings. The summed E-state index contributed by atoms with van der Waals surface area (Å²) < 4.78 is 0. The van der Waals surface area contributed by atoms with Crippen LogP contribution in [0.25, 0.3) is 0 Å². The molecule has 5 heteroatoms. The van der Waals surface area contributed by atoms with Crippen LogP contribution in [0.1, 0.15) is 46.8 Å². The van der Waals surface area contributed by atoms with Crippen LogP contribution in [0.15, 0.2) is 84.3 Å². The van der Waals surface area contributed by atoms with Gasteiger partial charge in [-0.05, 0) is 48.7 Å². The van der Waals surface area contributed by atoms with Crippen LogP contribution in [0, 0.1) is 0 Å². The van der Waals surface area contributed by atoms with Crippen molar-refractivity contribution in [3.63, 3.8) is 0 Å². The standard InChI is InChI=1S/C25H21N3O2/c29-22-8-4-7-20-23(22)24(16-11-13-26-14-12-16)28-19-10-9-18(15-21(19)27-20)25(30)17-5-2-1-3-6-17/h1-3,5-6,9-15,24,27-28H,4,7-8H2/t24-/m0/s1. The Morgan fingerprint density at radius 2 is 1.70 bits per heavy atom. The van der Waals surface area contributed by atoms with Gasteiger partial charge in [0.25, 0.3) is 0 Å². The molecule has 0 saturated carbocycles. The van der Waals surface area contributed by atoms with Crippen LogP contribution >= 0.6 is 0 Å². The van der Waals surface area contributed by atoms with E-state index in [9.17, 15) is 9.59 Å². The van der Waals surface area contributed by atoms with Crippen molar-refractivity contribution < 1.29 is 9.59 Å². The zero-order valence-corrected chi connectivity index (χ0v) is 16.4. The van der Waals surface area contributed by atoms with E-state index in [-0.39, 0.29) is 17.6 Å². The first-order chi connectivity index (χ1) is 14.7. The largest absolute Gasteiger partial charge is 0.372 e. The van der Waals surface area contributed by atoms with Crippen molar-refractivity contribution in [3.05, 3.63) is 101 Å². The number of aromatic nitrogens is 1. The average molecular weight is 395 g/mol. The fourth-order valence-corrected chi connectivity index (χ4v) is 4.20. The van der Waals surface area contributed by atoms with Gasteiger partial charge in [0, 0.05) is 41.2 Å². The number of hydrogen-bond donors (Lipinski definition) is 2. The van der Waals surface area contributed by atoms with Crippen molar-refractivity contribution in [3.8, 4) is 0 Å². The third-order valence-electron chi connectivity index (χ3n) is 5.69. The number of carbonyl (C=O) groups excluding carboxylic acids is 2. The van der Waals surface area contributed by atoms with E-state index in [0.717, 1.165) is 41.1 Å². The van der Waals surface area contributed by atoms with E-state index in [1.54, 1.807) is 12.4 Å². The van der Waals surface area contributed by atoms with Crippen LogP contribution in [0.3, 0.4) is 0 Å². The van der Waals surface area contributed by atoms with Gasteiger partial charge in [-0.25, -0.2) is 0 Å². The molecule has 1 aliphatic carbocycles. The highest BCUT2D eigenvalue weighted by atomic mass is 16.1. The number of anilines is 2. The van der Waals surface area contributed by atoms with E-state index in [2.05, 4.69) is 15.6 Å². The van der Waals surface area contributed by atoms with Crippen molar-refractivity contribution in [1.29, 1.82) is 0 Å². The van der Waals surface area contributed by atoms with Gasteiger partial charge >= 0.3 is 0 Å². The molecule has 0 fully saturated rings. The third-order valence-corrected chi connectivity index (χ3v) is 5.69. The Labute approximate surface area is 174 Å². The lowest BCUT2D eigenvalue weighted by Gasteiger charge is -2.25. The molecule has 1 aliphatic heterocycles. The number of nitrogens with zero attached hydrogens (tertiary/aromatic N) is 1. The number of carbonyl (C=O) groups is 2. The first kappa shape index (κ1) is 18.3. The second-order valence-electron chi connectivity index (χ2n) is 7.61. The minimum atomic E-state index is -0.250. The lowest BCUT2D eigenvalue weighted by molar-refractivity contribution is -0.116. The summed E-state index contributed by atoms with van der Waals surface area (Å²) >= 11 is 0. The summed E-state index contributed by atoms with van der Waals surface area (Å²) in [4.78, 5) is 29.9. The lowest BCUT2D eigenvalue weighted by atomic mass is 9.87. The smallest absolute Gasteiger partial charge is 0.193 e. The van der Waals surface area contributed by atoms with Crippen molar-refractivity contribution in [1.82, 2.24) is 4.98 Å². The summed E-state index contributed by atoms with van der Waals surface area (Å²) in [6, 6.07) is 18.5. The second kappa shape index (κ2) is 7.59. The van der Waals surface area contributed by atoms with Gasteiger partial charge in [-0.15, -0.1) is 0 Å². The molecule has 2 heterocycles.